The van der Waals surface area contributed by atoms with Gasteiger partial charge in [0, 0.05) is 32.0 Å². The Morgan fingerprint density at radius 2 is 1.46 bits per heavy atom. The number of rotatable bonds is 12. The standard InChI is InChI=1S/C39H62N6O7/c1-10-11-25(30(48)33(50)40-22-12-13-22)41-32(49)29-23-14-15-39(16-17-39)24(23)20-45(29)34(51)31(37(5,6)7)43-35(52)42-26(36(2,3)4)21-44-27(46)18-38(8,9)19-28(44)47/h22-26,29,31H,10-21H2,1-9H3,(H,40,50)(H,41,49)(H2,42,43,52)/t23-,24-,25?,26+,29-,31+/m0/s1. The number of amides is 7. The van der Waals surface area contributed by atoms with E-state index in [9.17, 15) is 33.6 Å². The summed E-state index contributed by atoms with van der Waals surface area (Å²) in [6, 6.07) is -4.07. The lowest BCUT2D eigenvalue weighted by molar-refractivity contribution is -0.153. The number of fused-ring (bicyclic) bond motifs is 2. The molecule has 3 aliphatic carbocycles. The first-order valence-corrected chi connectivity index (χ1v) is 19.4. The quantitative estimate of drug-likeness (QED) is 0.176. The topological polar surface area (TPSA) is 174 Å². The van der Waals surface area contributed by atoms with Crippen molar-refractivity contribution in [2.45, 2.75) is 157 Å². The Morgan fingerprint density at radius 1 is 0.846 bits per heavy atom. The molecule has 3 saturated carbocycles. The van der Waals surface area contributed by atoms with Gasteiger partial charge in [0.15, 0.2) is 0 Å². The number of imide groups is 1. The molecule has 2 aliphatic heterocycles. The number of carbonyl (C=O) groups excluding carboxylic acids is 7. The molecule has 5 rings (SSSR count). The lowest BCUT2D eigenvalue weighted by Crippen LogP contribution is -2.63. The zero-order valence-electron chi connectivity index (χ0n) is 32.8. The van der Waals surface area contributed by atoms with E-state index in [-0.39, 0.29) is 60.4 Å². The van der Waals surface area contributed by atoms with E-state index in [1.807, 2.05) is 62.3 Å². The summed E-state index contributed by atoms with van der Waals surface area (Å²) in [6.45, 7) is 17.4. The van der Waals surface area contributed by atoms with Crippen molar-refractivity contribution in [1.82, 2.24) is 31.1 Å². The van der Waals surface area contributed by atoms with Crippen LogP contribution in [0.2, 0.25) is 0 Å². The van der Waals surface area contributed by atoms with Crippen LogP contribution in [0, 0.1) is 33.5 Å². The zero-order chi connectivity index (χ0) is 38.6. The van der Waals surface area contributed by atoms with Crippen molar-refractivity contribution < 1.29 is 33.6 Å². The summed E-state index contributed by atoms with van der Waals surface area (Å²) in [6.07, 6.45) is 6.90. The van der Waals surface area contributed by atoms with Crippen LogP contribution in [0.5, 0.6) is 0 Å². The molecule has 5 aliphatic rings. The van der Waals surface area contributed by atoms with Gasteiger partial charge in [-0.3, -0.25) is 33.7 Å². The highest BCUT2D eigenvalue weighted by Crippen LogP contribution is 2.66. The van der Waals surface area contributed by atoms with Crippen LogP contribution in [0.25, 0.3) is 0 Å². The molecule has 13 heteroatoms. The van der Waals surface area contributed by atoms with Crippen LogP contribution in [0.1, 0.15) is 127 Å². The molecule has 0 aromatic heterocycles. The van der Waals surface area contributed by atoms with Crippen molar-refractivity contribution in [2.24, 2.45) is 33.5 Å². The number of hydrogen-bond acceptors (Lipinski definition) is 7. The number of hydrogen-bond donors (Lipinski definition) is 4. The predicted molar refractivity (Wildman–Crippen MR) is 194 cm³/mol. The van der Waals surface area contributed by atoms with E-state index >= 15 is 0 Å². The maximum Gasteiger partial charge on any atom is 0.315 e. The highest BCUT2D eigenvalue weighted by Gasteiger charge is 2.64. The molecule has 0 aromatic carbocycles. The molecule has 2 heterocycles. The number of nitrogens with one attached hydrogen (secondary N) is 4. The van der Waals surface area contributed by atoms with Gasteiger partial charge in [-0.05, 0) is 78.4 Å². The first-order valence-electron chi connectivity index (χ1n) is 19.4. The smallest absolute Gasteiger partial charge is 0.315 e. The Morgan fingerprint density at radius 3 is 1.98 bits per heavy atom. The summed E-state index contributed by atoms with van der Waals surface area (Å²) >= 11 is 0. The molecule has 0 radical (unpaired) electrons. The Balaban J connectivity index is 1.34. The Hall–Kier alpha value is -3.51. The SMILES string of the molecule is CCCC(NC(=O)[C@@H]1[C@H]2CCC3(CC3)[C@H]2CN1C(=O)[C@@H](NC(=O)N[C@H](CN1C(=O)CC(C)(C)CC1=O)C(C)(C)C)C(C)(C)C)C(=O)C(=O)NC1CC1. The van der Waals surface area contributed by atoms with Crippen molar-refractivity contribution in [1.29, 1.82) is 0 Å². The van der Waals surface area contributed by atoms with Gasteiger partial charge in [-0.15, -0.1) is 0 Å². The van der Waals surface area contributed by atoms with Crippen LogP contribution in [0.3, 0.4) is 0 Å². The van der Waals surface area contributed by atoms with Crippen molar-refractivity contribution >= 4 is 41.4 Å². The fourth-order valence-corrected chi connectivity index (χ4v) is 8.64. The van der Waals surface area contributed by atoms with Crippen LogP contribution in [0.4, 0.5) is 4.79 Å². The summed E-state index contributed by atoms with van der Waals surface area (Å²) in [5.41, 5.74) is -1.61. The molecular formula is C39H62N6O7. The van der Waals surface area contributed by atoms with Gasteiger partial charge in [0.05, 0.1) is 12.1 Å². The molecule has 290 valence electrons. The van der Waals surface area contributed by atoms with Gasteiger partial charge >= 0.3 is 6.03 Å². The van der Waals surface area contributed by atoms with Crippen LogP contribution < -0.4 is 21.3 Å². The fraction of sp³-hybridized carbons (Fsp3) is 0.821. The van der Waals surface area contributed by atoms with E-state index in [1.165, 1.54) is 4.90 Å². The van der Waals surface area contributed by atoms with E-state index in [1.54, 1.807) is 4.90 Å². The number of carbonyl (C=O) groups is 7. The lowest BCUT2D eigenvalue weighted by Gasteiger charge is -2.40. The molecule has 6 atom stereocenters. The Kier molecular flexibility index (Phi) is 11.0. The predicted octanol–water partition coefficient (Wildman–Crippen LogP) is 3.44. The average molecular weight is 727 g/mol. The molecule has 7 amide bonds. The number of ketones is 1. The van der Waals surface area contributed by atoms with Gasteiger partial charge in [-0.2, -0.15) is 0 Å². The van der Waals surface area contributed by atoms with E-state index in [0.29, 0.717) is 19.4 Å². The lowest BCUT2D eigenvalue weighted by atomic mass is 9.80. The normalized spacial score (nSPS) is 26.7. The summed E-state index contributed by atoms with van der Waals surface area (Å²) in [7, 11) is 0. The minimum absolute atomic E-state index is 0.00576. The minimum atomic E-state index is -1.02. The second kappa shape index (κ2) is 14.4. The van der Waals surface area contributed by atoms with Crippen molar-refractivity contribution in [3.05, 3.63) is 0 Å². The van der Waals surface area contributed by atoms with Crippen LogP contribution >= 0.6 is 0 Å². The third kappa shape index (κ3) is 8.65. The molecular weight excluding hydrogens is 664 g/mol. The van der Waals surface area contributed by atoms with E-state index in [4.69, 9.17) is 0 Å². The second-order valence-corrected chi connectivity index (χ2v) is 19.3. The summed E-state index contributed by atoms with van der Waals surface area (Å²) < 4.78 is 0. The first kappa shape index (κ1) is 39.7. The van der Waals surface area contributed by atoms with Gasteiger partial charge in [-0.25, -0.2) is 4.79 Å². The zero-order valence-corrected chi connectivity index (χ0v) is 32.8. The van der Waals surface area contributed by atoms with Crippen LogP contribution in [0.15, 0.2) is 0 Å². The molecule has 1 spiro atoms. The Labute approximate surface area is 308 Å². The first-order chi connectivity index (χ1) is 24.1. The fourth-order valence-electron chi connectivity index (χ4n) is 8.64. The summed E-state index contributed by atoms with van der Waals surface area (Å²) in [5, 5.41) is 11.5. The van der Waals surface area contributed by atoms with Gasteiger partial charge in [0.2, 0.25) is 29.4 Å². The minimum Gasteiger partial charge on any atom is -0.347 e. The summed E-state index contributed by atoms with van der Waals surface area (Å²) in [5.74, 6) is -2.68. The van der Waals surface area contributed by atoms with Gasteiger partial charge < -0.3 is 26.2 Å². The van der Waals surface area contributed by atoms with Crippen molar-refractivity contribution in [3.63, 3.8) is 0 Å². The van der Waals surface area contributed by atoms with Gasteiger partial charge in [0.1, 0.15) is 12.1 Å². The molecule has 4 N–H and O–H groups in total. The molecule has 0 aromatic rings. The maximum atomic E-state index is 14.7. The third-order valence-electron chi connectivity index (χ3n) is 12.2. The third-order valence-corrected chi connectivity index (χ3v) is 12.2. The van der Waals surface area contributed by atoms with E-state index < -0.39 is 64.0 Å². The maximum absolute atomic E-state index is 14.7. The van der Waals surface area contributed by atoms with E-state index in [0.717, 1.165) is 38.5 Å². The molecule has 5 fully saturated rings. The monoisotopic (exact) mass is 726 g/mol. The number of piperidine rings is 1. The number of nitrogens with zero attached hydrogens (tertiary/aromatic N) is 2. The number of likely N-dealkylation sites (tertiary alicyclic amines) is 2. The van der Waals surface area contributed by atoms with Crippen molar-refractivity contribution in [2.75, 3.05) is 13.1 Å². The van der Waals surface area contributed by atoms with Gasteiger partial charge in [-0.1, -0.05) is 68.7 Å². The summed E-state index contributed by atoms with van der Waals surface area (Å²) in [4.78, 5) is 97.6. The molecule has 0 bridgehead atoms. The molecule has 2 saturated heterocycles. The molecule has 1 unspecified atom stereocenters. The number of urea groups is 1. The highest BCUT2D eigenvalue weighted by atomic mass is 16.2. The average Bonchev–Trinajstić information content (AvgIpc) is 3.93. The Bertz CT molecular complexity index is 1450. The number of Topliss-reactive ketones (excluding diaryl/α,β-unsaturated/α-hetero) is 1. The van der Waals surface area contributed by atoms with Gasteiger partial charge in [0.25, 0.3) is 5.91 Å². The molecule has 52 heavy (non-hydrogen) atoms. The molecule has 13 nitrogen and oxygen atoms in total. The largest absolute Gasteiger partial charge is 0.347 e. The van der Waals surface area contributed by atoms with Crippen LogP contribution in [-0.2, 0) is 28.8 Å². The van der Waals surface area contributed by atoms with Crippen LogP contribution in [-0.4, -0.2) is 94.4 Å². The van der Waals surface area contributed by atoms with Crippen molar-refractivity contribution in [3.8, 4) is 0 Å². The van der Waals surface area contributed by atoms with E-state index in [2.05, 4.69) is 21.3 Å². The second-order valence-electron chi connectivity index (χ2n) is 19.3. The highest BCUT2D eigenvalue weighted by molar-refractivity contribution is 6.38.